The molecule has 6 nitrogen and oxygen atoms in total. The third kappa shape index (κ3) is 2.97. The summed E-state index contributed by atoms with van der Waals surface area (Å²) in [6.45, 7) is 2.36. The van der Waals surface area contributed by atoms with Crippen molar-refractivity contribution < 1.29 is 13.2 Å². The molecule has 100 valence electrons. The summed E-state index contributed by atoms with van der Waals surface area (Å²) in [5.74, 6) is 0. The Kier molecular flexibility index (Phi) is 4.37. The molecule has 0 aromatic rings. The summed E-state index contributed by atoms with van der Waals surface area (Å²) in [5.41, 5.74) is 5.96. The zero-order valence-electron chi connectivity index (χ0n) is 10.0. The van der Waals surface area contributed by atoms with Gasteiger partial charge in [0.1, 0.15) is 0 Å². The summed E-state index contributed by atoms with van der Waals surface area (Å²) in [6.07, 6.45) is 3.35. The average molecular weight is 263 g/mol. The number of hydrogen-bond donors (Lipinski definition) is 1. The maximum atomic E-state index is 12.4. The van der Waals surface area contributed by atoms with E-state index in [-0.39, 0.29) is 6.17 Å². The maximum absolute atomic E-state index is 12.4. The van der Waals surface area contributed by atoms with Crippen LogP contribution in [0.3, 0.4) is 0 Å². The Morgan fingerprint density at radius 3 is 2.47 bits per heavy atom. The first-order chi connectivity index (χ1) is 8.12. The molecule has 2 heterocycles. The van der Waals surface area contributed by atoms with Gasteiger partial charge in [-0.3, -0.25) is 0 Å². The van der Waals surface area contributed by atoms with Crippen LogP contribution in [0, 0.1) is 0 Å². The molecule has 2 fully saturated rings. The third-order valence-corrected chi connectivity index (χ3v) is 5.40. The van der Waals surface area contributed by atoms with Crippen molar-refractivity contribution in [1.82, 2.24) is 8.61 Å². The lowest BCUT2D eigenvalue weighted by molar-refractivity contribution is 0.0692. The average Bonchev–Trinajstić information content (AvgIpc) is 2.55. The summed E-state index contributed by atoms with van der Waals surface area (Å²) in [6, 6.07) is 0. The molecule has 0 saturated carbocycles. The highest BCUT2D eigenvalue weighted by Gasteiger charge is 2.34. The van der Waals surface area contributed by atoms with Gasteiger partial charge in [-0.15, -0.1) is 0 Å². The van der Waals surface area contributed by atoms with Crippen molar-refractivity contribution in [2.45, 2.75) is 31.8 Å². The van der Waals surface area contributed by atoms with Crippen molar-refractivity contribution in [1.29, 1.82) is 0 Å². The molecule has 0 spiro atoms. The van der Waals surface area contributed by atoms with Crippen LogP contribution in [0.4, 0.5) is 0 Å². The van der Waals surface area contributed by atoms with Gasteiger partial charge in [0.15, 0.2) is 0 Å². The molecule has 0 aromatic carbocycles. The van der Waals surface area contributed by atoms with Gasteiger partial charge in [-0.05, 0) is 12.8 Å². The number of ether oxygens (including phenoxy) is 1. The minimum atomic E-state index is -3.40. The van der Waals surface area contributed by atoms with E-state index in [1.807, 2.05) is 0 Å². The van der Waals surface area contributed by atoms with E-state index in [9.17, 15) is 8.42 Å². The Morgan fingerprint density at radius 2 is 1.76 bits per heavy atom. The molecular weight excluding hydrogens is 242 g/mol. The fourth-order valence-electron chi connectivity index (χ4n) is 2.32. The van der Waals surface area contributed by atoms with Crippen LogP contribution >= 0.6 is 0 Å². The van der Waals surface area contributed by atoms with E-state index in [4.69, 9.17) is 10.5 Å². The molecule has 2 aliphatic rings. The first-order valence-corrected chi connectivity index (χ1v) is 7.62. The Hall–Kier alpha value is -0.210. The molecule has 7 heteroatoms. The van der Waals surface area contributed by atoms with Crippen molar-refractivity contribution in [2.24, 2.45) is 5.73 Å². The van der Waals surface area contributed by atoms with Crippen LogP contribution in [0.25, 0.3) is 0 Å². The fourth-order valence-corrected chi connectivity index (χ4v) is 4.03. The topological polar surface area (TPSA) is 75.9 Å². The summed E-state index contributed by atoms with van der Waals surface area (Å²) >= 11 is 0. The monoisotopic (exact) mass is 263 g/mol. The molecule has 2 rings (SSSR count). The molecule has 0 amide bonds. The van der Waals surface area contributed by atoms with E-state index in [2.05, 4.69) is 0 Å². The van der Waals surface area contributed by atoms with E-state index < -0.39 is 10.2 Å². The smallest absolute Gasteiger partial charge is 0.283 e. The van der Waals surface area contributed by atoms with Gasteiger partial charge in [0, 0.05) is 19.6 Å². The molecule has 2 N–H and O–H groups in total. The number of nitrogens with zero attached hydrogens (tertiary/aromatic N) is 2. The van der Waals surface area contributed by atoms with Crippen molar-refractivity contribution in [2.75, 3.05) is 32.8 Å². The van der Waals surface area contributed by atoms with Gasteiger partial charge in [-0.1, -0.05) is 12.8 Å². The molecule has 17 heavy (non-hydrogen) atoms. The second kappa shape index (κ2) is 5.62. The van der Waals surface area contributed by atoms with Crippen LogP contribution < -0.4 is 5.73 Å². The zero-order valence-corrected chi connectivity index (χ0v) is 10.9. The van der Waals surface area contributed by atoms with Gasteiger partial charge in [0.05, 0.1) is 19.4 Å². The maximum Gasteiger partial charge on any atom is 0.283 e. The lowest BCUT2D eigenvalue weighted by atomic mass is 10.2. The van der Waals surface area contributed by atoms with Crippen molar-refractivity contribution in [3.05, 3.63) is 0 Å². The Morgan fingerprint density at radius 1 is 1.06 bits per heavy atom. The first-order valence-electron chi connectivity index (χ1n) is 6.22. The number of nitrogens with two attached hydrogens (primary N) is 1. The highest BCUT2D eigenvalue weighted by atomic mass is 32.2. The predicted octanol–water partition coefficient (Wildman–Crippen LogP) is -0.276. The van der Waals surface area contributed by atoms with E-state index >= 15 is 0 Å². The van der Waals surface area contributed by atoms with Gasteiger partial charge < -0.3 is 10.5 Å². The summed E-state index contributed by atoms with van der Waals surface area (Å²) in [4.78, 5) is 0. The van der Waals surface area contributed by atoms with E-state index in [0.29, 0.717) is 32.8 Å². The quantitative estimate of drug-likeness (QED) is 0.744. The summed E-state index contributed by atoms with van der Waals surface area (Å²) in [7, 11) is -3.40. The molecule has 0 aliphatic carbocycles. The number of hydrogen-bond acceptors (Lipinski definition) is 4. The minimum absolute atomic E-state index is 0.370. The molecular formula is C10H21N3O3S. The standard InChI is InChI=1S/C10H21N3O3S/c11-10-4-2-1-3-5-13(10)17(14,15)12-6-8-16-9-7-12/h10H,1-9,11H2. The van der Waals surface area contributed by atoms with Gasteiger partial charge in [-0.25, -0.2) is 0 Å². The lowest BCUT2D eigenvalue weighted by Gasteiger charge is -2.34. The van der Waals surface area contributed by atoms with E-state index in [1.165, 1.54) is 8.61 Å². The summed E-state index contributed by atoms with van der Waals surface area (Å²) < 4.78 is 33.0. The molecule has 2 saturated heterocycles. The van der Waals surface area contributed by atoms with Crippen LogP contribution in [0.2, 0.25) is 0 Å². The SMILES string of the molecule is NC1CCCCCN1S(=O)(=O)N1CCOCC1. The highest BCUT2D eigenvalue weighted by molar-refractivity contribution is 7.86. The minimum Gasteiger partial charge on any atom is -0.379 e. The Bertz CT molecular complexity index is 341. The van der Waals surface area contributed by atoms with Crippen LogP contribution in [0.15, 0.2) is 0 Å². The number of morpholine rings is 1. The van der Waals surface area contributed by atoms with Gasteiger partial charge in [0.2, 0.25) is 0 Å². The Labute approximate surface area is 103 Å². The highest BCUT2D eigenvalue weighted by Crippen LogP contribution is 2.20. The largest absolute Gasteiger partial charge is 0.379 e. The van der Waals surface area contributed by atoms with Gasteiger partial charge in [-0.2, -0.15) is 17.0 Å². The molecule has 1 unspecified atom stereocenters. The van der Waals surface area contributed by atoms with Gasteiger partial charge >= 0.3 is 0 Å². The molecule has 1 atom stereocenters. The van der Waals surface area contributed by atoms with E-state index in [0.717, 1.165) is 25.7 Å². The second-order valence-electron chi connectivity index (χ2n) is 4.55. The third-order valence-electron chi connectivity index (χ3n) is 3.34. The molecule has 0 aromatic heterocycles. The van der Waals surface area contributed by atoms with Crippen LogP contribution in [-0.2, 0) is 14.9 Å². The van der Waals surface area contributed by atoms with Crippen LogP contribution in [-0.4, -0.2) is 56.0 Å². The van der Waals surface area contributed by atoms with E-state index in [1.54, 1.807) is 0 Å². The van der Waals surface area contributed by atoms with Crippen molar-refractivity contribution in [3.63, 3.8) is 0 Å². The molecule has 0 radical (unpaired) electrons. The zero-order chi connectivity index (χ0) is 12.3. The summed E-state index contributed by atoms with van der Waals surface area (Å²) in [5, 5.41) is 0. The van der Waals surface area contributed by atoms with Crippen molar-refractivity contribution >= 4 is 10.2 Å². The number of rotatable bonds is 2. The van der Waals surface area contributed by atoms with Crippen LogP contribution in [0.5, 0.6) is 0 Å². The molecule has 2 aliphatic heterocycles. The van der Waals surface area contributed by atoms with Gasteiger partial charge in [0.25, 0.3) is 10.2 Å². The molecule has 0 bridgehead atoms. The van der Waals surface area contributed by atoms with Crippen molar-refractivity contribution in [3.8, 4) is 0 Å². The Balaban J connectivity index is 2.11. The predicted molar refractivity (Wildman–Crippen MR) is 64.5 cm³/mol. The first kappa shape index (κ1) is 13.2. The lowest BCUT2D eigenvalue weighted by Crippen LogP contribution is -2.54. The van der Waals surface area contributed by atoms with Crippen LogP contribution in [0.1, 0.15) is 25.7 Å². The second-order valence-corrected chi connectivity index (χ2v) is 6.43. The normalized spacial score (nSPS) is 30.1. The fraction of sp³-hybridized carbons (Fsp3) is 1.00.